The summed E-state index contributed by atoms with van der Waals surface area (Å²) >= 11 is 0. The smallest absolute Gasteiger partial charge is 0.141 e. The van der Waals surface area contributed by atoms with Gasteiger partial charge in [0.1, 0.15) is 5.82 Å². The molecule has 0 atom stereocenters. The Morgan fingerprint density at radius 2 is 2.00 bits per heavy atom. The van der Waals surface area contributed by atoms with Gasteiger partial charge in [0.2, 0.25) is 0 Å². The van der Waals surface area contributed by atoms with Crippen LogP contribution in [0.4, 0.5) is 4.39 Å². The normalized spacial score (nSPS) is 6.70. The molecule has 0 aromatic carbocycles. The lowest BCUT2D eigenvalue weighted by atomic mass is 10.5. The molecule has 0 bridgehead atoms. The fraction of sp³-hybridized carbons (Fsp3) is 0.375. The van der Waals surface area contributed by atoms with Crippen molar-refractivity contribution in [3.05, 3.63) is 30.3 Å². The summed E-state index contributed by atoms with van der Waals surface area (Å²) in [5.74, 6) is -0.289. The lowest BCUT2D eigenvalue weighted by Gasteiger charge is -1.78. The first-order chi connectivity index (χ1) is 4.39. The number of aromatic nitrogens is 1. The molecule has 0 amide bonds. The van der Waals surface area contributed by atoms with Crippen LogP contribution in [-0.4, -0.2) is 4.98 Å². The van der Waals surface area contributed by atoms with Crippen LogP contribution in [0.1, 0.15) is 21.3 Å². The zero-order valence-corrected chi connectivity index (χ0v) is 5.63. The van der Waals surface area contributed by atoms with Gasteiger partial charge in [-0.3, -0.25) is 4.98 Å². The largest absolute Gasteiger partial charge is 0.262 e. The molecule has 0 spiro atoms. The molecule has 1 nitrogen and oxygen atoms in total. The minimum absolute atomic E-state index is 0. The van der Waals surface area contributed by atoms with E-state index in [9.17, 15) is 4.39 Å². The van der Waals surface area contributed by atoms with Gasteiger partial charge in [-0.1, -0.05) is 21.3 Å². The second kappa shape index (κ2) is 8.08. The molecule has 1 rings (SSSR count). The first kappa shape index (κ1) is 11.8. The van der Waals surface area contributed by atoms with Gasteiger partial charge in [0.25, 0.3) is 0 Å². The Balaban J connectivity index is 0. The third kappa shape index (κ3) is 5.22. The molecule has 0 saturated carbocycles. The monoisotopic (exact) mass is 143 g/mol. The van der Waals surface area contributed by atoms with Crippen molar-refractivity contribution in [1.82, 2.24) is 4.98 Å². The van der Waals surface area contributed by atoms with Crippen LogP contribution >= 0.6 is 0 Å². The quantitative estimate of drug-likeness (QED) is 0.544. The summed E-state index contributed by atoms with van der Waals surface area (Å²) in [5, 5.41) is 0. The molecule has 2 heteroatoms. The van der Waals surface area contributed by atoms with Crippen molar-refractivity contribution in [2.45, 2.75) is 21.3 Å². The fourth-order valence-corrected chi connectivity index (χ4v) is 0.342. The second-order valence-electron chi connectivity index (χ2n) is 1.17. The average molecular weight is 143 g/mol. The molecule has 1 heterocycles. The van der Waals surface area contributed by atoms with Crippen LogP contribution in [0, 0.1) is 5.82 Å². The lowest BCUT2D eigenvalue weighted by molar-refractivity contribution is 0.621. The highest BCUT2D eigenvalue weighted by atomic mass is 19.1. The predicted octanol–water partition coefficient (Wildman–Crippen LogP) is 2.88. The van der Waals surface area contributed by atoms with Gasteiger partial charge in [0.15, 0.2) is 0 Å². The van der Waals surface area contributed by atoms with Crippen LogP contribution in [0.25, 0.3) is 0 Å². The zero-order chi connectivity index (χ0) is 7.11. The Morgan fingerprint density at radius 3 is 2.20 bits per heavy atom. The third-order valence-corrected chi connectivity index (χ3v) is 0.625. The lowest BCUT2D eigenvalue weighted by Crippen LogP contribution is -1.70. The Morgan fingerprint density at radius 1 is 1.40 bits per heavy atom. The topological polar surface area (TPSA) is 12.9 Å². The molecule has 58 valence electrons. The van der Waals surface area contributed by atoms with Crippen molar-refractivity contribution in [3.8, 4) is 0 Å². The van der Waals surface area contributed by atoms with Crippen LogP contribution in [0.5, 0.6) is 0 Å². The van der Waals surface area contributed by atoms with E-state index in [1.54, 1.807) is 6.07 Å². The molecule has 10 heavy (non-hydrogen) atoms. The van der Waals surface area contributed by atoms with Crippen molar-refractivity contribution < 1.29 is 4.39 Å². The predicted molar refractivity (Wildman–Crippen MR) is 42.3 cm³/mol. The van der Waals surface area contributed by atoms with Gasteiger partial charge in [-0.05, 0) is 12.1 Å². The summed E-state index contributed by atoms with van der Waals surface area (Å²) in [7, 11) is 0. The third-order valence-electron chi connectivity index (χ3n) is 0.625. The summed E-state index contributed by atoms with van der Waals surface area (Å²) in [4.78, 5) is 3.51. The van der Waals surface area contributed by atoms with Gasteiger partial charge in [-0.15, -0.1) is 0 Å². The zero-order valence-electron chi connectivity index (χ0n) is 5.63. The molecule has 0 aliphatic heterocycles. The van der Waals surface area contributed by atoms with E-state index in [-0.39, 0.29) is 13.2 Å². The van der Waals surface area contributed by atoms with Gasteiger partial charge in [0.05, 0.1) is 6.20 Å². The summed E-state index contributed by atoms with van der Waals surface area (Å²) in [5.41, 5.74) is 0. The summed E-state index contributed by atoms with van der Waals surface area (Å²) in [6.45, 7) is 4.00. The maximum Gasteiger partial charge on any atom is 0.141 e. The molecule has 0 saturated heterocycles. The van der Waals surface area contributed by atoms with E-state index in [1.807, 2.05) is 13.8 Å². The molecular formula is C8H14FN. The van der Waals surface area contributed by atoms with E-state index < -0.39 is 0 Å². The van der Waals surface area contributed by atoms with Crippen LogP contribution in [0.2, 0.25) is 0 Å². The number of halogens is 1. The summed E-state index contributed by atoms with van der Waals surface area (Å²) in [6, 6.07) is 2.91. The van der Waals surface area contributed by atoms with Crippen LogP contribution in [0.15, 0.2) is 24.5 Å². The van der Waals surface area contributed by atoms with Crippen molar-refractivity contribution in [2.24, 2.45) is 0 Å². The van der Waals surface area contributed by atoms with Crippen molar-refractivity contribution in [2.75, 3.05) is 0 Å². The summed E-state index contributed by atoms with van der Waals surface area (Å²) < 4.78 is 11.8. The van der Waals surface area contributed by atoms with E-state index in [4.69, 9.17) is 0 Å². The van der Waals surface area contributed by atoms with Crippen LogP contribution in [-0.2, 0) is 0 Å². The Kier molecular flexibility index (Phi) is 9.56. The van der Waals surface area contributed by atoms with Gasteiger partial charge in [-0.25, -0.2) is 4.39 Å². The molecule has 0 fully saturated rings. The van der Waals surface area contributed by atoms with Gasteiger partial charge < -0.3 is 0 Å². The van der Waals surface area contributed by atoms with Crippen molar-refractivity contribution in [1.29, 1.82) is 0 Å². The van der Waals surface area contributed by atoms with Crippen LogP contribution in [0.3, 0.4) is 0 Å². The number of nitrogens with zero attached hydrogens (tertiary/aromatic N) is 1. The van der Waals surface area contributed by atoms with E-state index in [0.29, 0.717) is 0 Å². The number of hydrogen-bond donors (Lipinski definition) is 0. The van der Waals surface area contributed by atoms with Crippen molar-refractivity contribution >= 4 is 0 Å². The Labute approximate surface area is 61.9 Å². The van der Waals surface area contributed by atoms with E-state index in [0.717, 1.165) is 0 Å². The maximum atomic E-state index is 11.8. The number of pyridine rings is 1. The SMILES string of the molecule is C.CC.Fc1cccnc1. The highest BCUT2D eigenvalue weighted by Gasteiger charge is 1.78. The average Bonchev–Trinajstić information content (AvgIpc) is 1.94. The molecule has 0 aliphatic rings. The molecule has 0 N–H and O–H groups in total. The van der Waals surface area contributed by atoms with Gasteiger partial charge in [0, 0.05) is 6.20 Å². The van der Waals surface area contributed by atoms with Gasteiger partial charge >= 0.3 is 0 Å². The second-order valence-corrected chi connectivity index (χ2v) is 1.17. The molecule has 1 aromatic rings. The first-order valence-corrected chi connectivity index (χ1v) is 2.95. The molecule has 0 aliphatic carbocycles. The van der Waals surface area contributed by atoms with Crippen LogP contribution < -0.4 is 0 Å². The number of rotatable bonds is 0. The van der Waals surface area contributed by atoms with Gasteiger partial charge in [-0.2, -0.15) is 0 Å². The van der Waals surface area contributed by atoms with E-state index >= 15 is 0 Å². The highest BCUT2D eigenvalue weighted by Crippen LogP contribution is 1.87. The molecule has 1 aromatic heterocycles. The maximum absolute atomic E-state index is 11.8. The Hall–Kier alpha value is -0.920. The number of hydrogen-bond acceptors (Lipinski definition) is 1. The molecular weight excluding hydrogens is 129 g/mol. The Bertz CT molecular complexity index is 139. The molecule has 0 radical (unpaired) electrons. The first-order valence-electron chi connectivity index (χ1n) is 2.95. The fourth-order valence-electron chi connectivity index (χ4n) is 0.342. The minimum atomic E-state index is -0.289. The van der Waals surface area contributed by atoms with Crippen molar-refractivity contribution in [3.63, 3.8) is 0 Å². The molecule has 0 unspecified atom stereocenters. The van der Waals surface area contributed by atoms with E-state index in [1.165, 1.54) is 18.5 Å². The van der Waals surface area contributed by atoms with E-state index in [2.05, 4.69) is 4.98 Å². The minimum Gasteiger partial charge on any atom is -0.262 e. The standard InChI is InChI=1S/C5H4FN.C2H6.CH4/c6-5-2-1-3-7-4-5;1-2;/h1-4H;1-2H3;1H4. The highest BCUT2D eigenvalue weighted by molar-refractivity contribution is 4.92. The summed E-state index contributed by atoms with van der Waals surface area (Å²) in [6.07, 6.45) is 2.70.